The Morgan fingerprint density at radius 2 is 2.00 bits per heavy atom. The van der Waals surface area contributed by atoms with Crippen LogP contribution in [0.4, 0.5) is 0 Å². The number of esters is 1. The van der Waals surface area contributed by atoms with E-state index in [0.717, 1.165) is 0 Å². The van der Waals surface area contributed by atoms with Crippen molar-refractivity contribution in [2.75, 3.05) is 13.7 Å². The fourth-order valence-corrected chi connectivity index (χ4v) is 1.79. The number of nitrogens with one attached hydrogen (secondary N) is 1. The van der Waals surface area contributed by atoms with Gasteiger partial charge in [-0.15, -0.1) is 0 Å². The molecule has 0 aromatic rings. The van der Waals surface area contributed by atoms with Gasteiger partial charge in [-0.1, -0.05) is 0 Å². The second-order valence-corrected chi connectivity index (χ2v) is 4.22. The summed E-state index contributed by atoms with van der Waals surface area (Å²) in [6, 6.07) is 0. The van der Waals surface area contributed by atoms with Crippen LogP contribution in [0.3, 0.4) is 0 Å². The van der Waals surface area contributed by atoms with E-state index in [1.807, 2.05) is 0 Å². The zero-order chi connectivity index (χ0) is 13.9. The minimum absolute atomic E-state index is 0.0879. The summed E-state index contributed by atoms with van der Waals surface area (Å²) < 4.78 is 9.97. The Balaban J connectivity index is 2.74. The molecule has 0 spiro atoms. The van der Waals surface area contributed by atoms with Crippen LogP contribution < -0.4 is 5.32 Å². The van der Waals surface area contributed by atoms with Crippen LogP contribution in [-0.4, -0.2) is 37.1 Å². The van der Waals surface area contributed by atoms with Gasteiger partial charge in [0.05, 0.1) is 25.7 Å². The van der Waals surface area contributed by atoms with Crippen LogP contribution in [0, 0.1) is 0 Å². The number of rotatable bonds is 5. The number of amides is 1. The van der Waals surface area contributed by atoms with Crippen molar-refractivity contribution >= 4 is 17.7 Å². The van der Waals surface area contributed by atoms with Crippen molar-refractivity contribution in [3.05, 3.63) is 11.1 Å². The number of hydrogen-bond acceptors (Lipinski definition) is 5. The summed E-state index contributed by atoms with van der Waals surface area (Å²) in [7, 11) is 1.29. The maximum Gasteiger partial charge on any atom is 0.307 e. The normalized spacial score (nSPS) is 23.0. The second-order valence-electron chi connectivity index (χ2n) is 4.22. The Hall–Kier alpha value is -1.69. The number of ether oxygens (including phenoxy) is 2. The van der Waals surface area contributed by atoms with Crippen LogP contribution in [0.15, 0.2) is 11.1 Å². The first kappa shape index (κ1) is 14.4. The van der Waals surface area contributed by atoms with Crippen molar-refractivity contribution in [1.82, 2.24) is 5.32 Å². The number of carbonyl (C=O) groups excluding carboxylic acids is 3. The van der Waals surface area contributed by atoms with Gasteiger partial charge in [-0.3, -0.25) is 14.4 Å². The first-order valence-electron chi connectivity index (χ1n) is 5.57. The highest BCUT2D eigenvalue weighted by Crippen LogP contribution is 2.28. The van der Waals surface area contributed by atoms with E-state index in [2.05, 4.69) is 10.1 Å². The molecule has 1 heterocycles. The molecule has 0 aliphatic carbocycles. The Morgan fingerprint density at radius 1 is 1.39 bits per heavy atom. The van der Waals surface area contributed by atoms with Crippen molar-refractivity contribution in [2.45, 2.75) is 32.9 Å². The lowest BCUT2D eigenvalue weighted by molar-refractivity contribution is -0.143. The topological polar surface area (TPSA) is 81.7 Å². The van der Waals surface area contributed by atoms with Gasteiger partial charge in [-0.2, -0.15) is 0 Å². The number of hydrogen-bond donors (Lipinski definition) is 1. The number of methoxy groups -OCH3 is 1. The molecule has 18 heavy (non-hydrogen) atoms. The summed E-state index contributed by atoms with van der Waals surface area (Å²) in [5, 5.41) is 2.60. The van der Waals surface area contributed by atoms with Gasteiger partial charge in [-0.25, -0.2) is 0 Å². The van der Waals surface area contributed by atoms with Crippen LogP contribution in [-0.2, 0) is 23.9 Å². The van der Waals surface area contributed by atoms with Gasteiger partial charge in [0.1, 0.15) is 0 Å². The van der Waals surface area contributed by atoms with Crippen LogP contribution in [0.2, 0.25) is 0 Å². The van der Waals surface area contributed by atoms with Gasteiger partial charge in [0, 0.05) is 0 Å². The first-order chi connectivity index (χ1) is 8.31. The van der Waals surface area contributed by atoms with E-state index in [1.54, 1.807) is 13.8 Å². The summed E-state index contributed by atoms with van der Waals surface area (Å²) in [6.45, 7) is 4.74. The van der Waals surface area contributed by atoms with Gasteiger partial charge >= 0.3 is 5.97 Å². The van der Waals surface area contributed by atoms with Crippen molar-refractivity contribution in [2.24, 2.45) is 0 Å². The van der Waals surface area contributed by atoms with Crippen LogP contribution in [0.1, 0.15) is 27.2 Å². The molecule has 1 amide bonds. The summed E-state index contributed by atoms with van der Waals surface area (Å²) >= 11 is 0. The predicted molar refractivity (Wildman–Crippen MR) is 62.5 cm³/mol. The maximum atomic E-state index is 11.6. The molecule has 0 bridgehead atoms. The molecule has 1 unspecified atom stereocenters. The average molecular weight is 255 g/mol. The molecule has 6 heteroatoms. The molecule has 1 N–H and O–H groups in total. The van der Waals surface area contributed by atoms with E-state index in [4.69, 9.17) is 4.74 Å². The Morgan fingerprint density at radius 3 is 2.44 bits per heavy atom. The lowest BCUT2D eigenvalue weighted by Crippen LogP contribution is -2.44. The summed E-state index contributed by atoms with van der Waals surface area (Å²) in [5.41, 5.74) is -0.382. The van der Waals surface area contributed by atoms with Crippen molar-refractivity contribution in [3.8, 4) is 0 Å². The van der Waals surface area contributed by atoms with E-state index in [-0.39, 0.29) is 24.4 Å². The van der Waals surface area contributed by atoms with Crippen molar-refractivity contribution in [3.63, 3.8) is 0 Å². The fourth-order valence-electron chi connectivity index (χ4n) is 1.79. The molecule has 0 radical (unpaired) electrons. The summed E-state index contributed by atoms with van der Waals surface area (Å²) in [6.07, 6.45) is 0.0879. The molecule has 0 saturated heterocycles. The number of carbonyl (C=O) groups is 3. The molecular weight excluding hydrogens is 238 g/mol. The summed E-state index contributed by atoms with van der Waals surface area (Å²) in [5.74, 6) is -1.14. The third kappa shape index (κ3) is 2.76. The predicted octanol–water partition coefficient (Wildman–Crippen LogP) is 0.318. The Kier molecular flexibility index (Phi) is 4.24. The molecule has 0 saturated carbocycles. The second kappa shape index (κ2) is 5.30. The van der Waals surface area contributed by atoms with Gasteiger partial charge in [0.15, 0.2) is 11.5 Å². The Labute approximate surface area is 105 Å². The third-order valence-corrected chi connectivity index (χ3v) is 2.95. The first-order valence-corrected chi connectivity index (χ1v) is 5.57. The molecule has 100 valence electrons. The maximum absolute atomic E-state index is 11.6. The highest BCUT2D eigenvalue weighted by Gasteiger charge is 2.41. The molecule has 0 fully saturated rings. The quantitative estimate of drug-likeness (QED) is 0.565. The number of Topliss-reactive ketones (excluding diaryl/α,β-unsaturated/α-hetero) is 1. The van der Waals surface area contributed by atoms with Crippen LogP contribution in [0.25, 0.3) is 0 Å². The minimum atomic E-state index is -1.04. The van der Waals surface area contributed by atoms with Crippen molar-refractivity contribution in [1.29, 1.82) is 0 Å². The van der Waals surface area contributed by atoms with Crippen LogP contribution in [0.5, 0.6) is 0 Å². The highest BCUT2D eigenvalue weighted by molar-refractivity contribution is 6.21. The van der Waals surface area contributed by atoms with E-state index >= 15 is 0 Å². The lowest BCUT2D eigenvalue weighted by atomic mass is 10.0. The highest BCUT2D eigenvalue weighted by atomic mass is 16.5. The standard InChI is InChI=1S/C12H17NO5/c1-7-10(8(2)14)11(16)13-12(7,3)18-6-5-9(15)17-4/h5-6H2,1-4H3,(H,13,16). The molecule has 1 aliphatic rings. The van der Waals surface area contributed by atoms with E-state index in [9.17, 15) is 14.4 Å². The van der Waals surface area contributed by atoms with Gasteiger partial charge in [0.25, 0.3) is 5.91 Å². The smallest absolute Gasteiger partial charge is 0.307 e. The molecule has 1 atom stereocenters. The zero-order valence-electron chi connectivity index (χ0n) is 11.0. The third-order valence-electron chi connectivity index (χ3n) is 2.95. The van der Waals surface area contributed by atoms with Gasteiger partial charge in [0.2, 0.25) is 0 Å². The molecule has 0 aromatic carbocycles. The number of ketones is 1. The summed E-state index contributed by atoms with van der Waals surface area (Å²) in [4.78, 5) is 33.9. The van der Waals surface area contributed by atoms with E-state index in [1.165, 1.54) is 14.0 Å². The average Bonchev–Trinajstić information content (AvgIpc) is 2.49. The molecule has 6 nitrogen and oxygen atoms in total. The molecule has 0 aromatic heterocycles. The molecular formula is C12H17NO5. The van der Waals surface area contributed by atoms with E-state index in [0.29, 0.717) is 5.57 Å². The van der Waals surface area contributed by atoms with Crippen LogP contribution >= 0.6 is 0 Å². The monoisotopic (exact) mass is 255 g/mol. The molecule has 1 aliphatic heterocycles. The van der Waals surface area contributed by atoms with Crippen molar-refractivity contribution < 1.29 is 23.9 Å². The lowest BCUT2D eigenvalue weighted by Gasteiger charge is -2.26. The zero-order valence-corrected chi connectivity index (χ0v) is 11.0. The minimum Gasteiger partial charge on any atom is -0.469 e. The van der Waals surface area contributed by atoms with Gasteiger partial charge < -0.3 is 14.8 Å². The fraction of sp³-hybridized carbons (Fsp3) is 0.583. The molecule has 1 rings (SSSR count). The Bertz CT molecular complexity index is 426. The SMILES string of the molecule is COC(=O)CCOC1(C)NC(=O)C(C(C)=O)=C1C. The largest absolute Gasteiger partial charge is 0.469 e. The van der Waals surface area contributed by atoms with E-state index < -0.39 is 17.6 Å². The van der Waals surface area contributed by atoms with Gasteiger partial charge in [-0.05, 0) is 26.3 Å².